The second-order valence-electron chi connectivity index (χ2n) is 3.84. The fraction of sp³-hybridized carbons (Fsp3) is 0.364. The summed E-state index contributed by atoms with van der Waals surface area (Å²) in [6, 6.07) is 8.95. The first-order valence-electron chi connectivity index (χ1n) is 5.00. The number of likely N-dealkylation sites (N-methyl/N-ethyl adjacent to an activating group) is 1. The molecule has 0 spiro atoms. The van der Waals surface area contributed by atoms with Gasteiger partial charge >= 0.3 is 5.97 Å². The van der Waals surface area contributed by atoms with Crippen molar-refractivity contribution in [1.29, 1.82) is 0 Å². The van der Waals surface area contributed by atoms with Crippen molar-refractivity contribution in [2.75, 3.05) is 20.6 Å². The molecule has 15 heavy (non-hydrogen) atoms. The Labute approximate surface area is 91.4 Å². The van der Waals surface area contributed by atoms with Crippen LogP contribution in [0.5, 0.6) is 0 Å². The molecular formula is C11H16BNO2. The quantitative estimate of drug-likeness (QED) is 0.525. The lowest BCUT2D eigenvalue weighted by Crippen LogP contribution is -2.30. The van der Waals surface area contributed by atoms with Crippen LogP contribution in [0.15, 0.2) is 30.3 Å². The molecule has 1 aromatic carbocycles. The molecular weight excluding hydrogens is 189 g/mol. The highest BCUT2D eigenvalue weighted by Gasteiger charge is 2.11. The standard InChI is InChI=1S/C11H16BNO2/c1-13(2)8-10(12)15-11(14)9-6-4-3-5-7-9/h3-7,10H,8,12H2,1-2H3. The van der Waals surface area contributed by atoms with Crippen molar-refractivity contribution in [3.63, 3.8) is 0 Å². The topological polar surface area (TPSA) is 29.5 Å². The van der Waals surface area contributed by atoms with Crippen molar-refractivity contribution in [3.8, 4) is 0 Å². The van der Waals surface area contributed by atoms with Crippen LogP contribution in [-0.2, 0) is 4.74 Å². The Hall–Kier alpha value is -1.29. The highest BCUT2D eigenvalue weighted by Crippen LogP contribution is 2.02. The molecule has 3 nitrogen and oxygen atoms in total. The van der Waals surface area contributed by atoms with Gasteiger partial charge in [-0.1, -0.05) is 18.2 Å². The summed E-state index contributed by atoms with van der Waals surface area (Å²) in [6.45, 7) is 0.735. The summed E-state index contributed by atoms with van der Waals surface area (Å²) < 4.78 is 5.27. The Morgan fingerprint density at radius 2 is 2.00 bits per heavy atom. The van der Waals surface area contributed by atoms with Gasteiger partial charge < -0.3 is 9.64 Å². The maximum Gasteiger partial charge on any atom is 0.337 e. The minimum absolute atomic E-state index is 0.0901. The molecule has 0 aliphatic rings. The molecule has 0 bridgehead atoms. The summed E-state index contributed by atoms with van der Waals surface area (Å²) in [5, 5.41) is 0. The van der Waals surface area contributed by atoms with Crippen LogP contribution < -0.4 is 0 Å². The van der Waals surface area contributed by atoms with Crippen LogP contribution in [0, 0.1) is 0 Å². The Kier molecular flexibility index (Phi) is 4.37. The summed E-state index contributed by atoms with van der Waals surface area (Å²) in [4.78, 5) is 13.6. The third kappa shape index (κ3) is 4.17. The molecule has 0 aliphatic heterocycles. The van der Waals surface area contributed by atoms with Crippen molar-refractivity contribution in [1.82, 2.24) is 4.90 Å². The van der Waals surface area contributed by atoms with Crippen LogP contribution in [0.1, 0.15) is 10.4 Å². The van der Waals surface area contributed by atoms with Crippen LogP contribution in [0.2, 0.25) is 0 Å². The summed E-state index contributed by atoms with van der Waals surface area (Å²) in [5.41, 5.74) is 0.600. The lowest BCUT2D eigenvalue weighted by Gasteiger charge is -2.17. The first-order valence-corrected chi connectivity index (χ1v) is 5.00. The highest BCUT2D eigenvalue weighted by molar-refractivity contribution is 6.12. The van der Waals surface area contributed by atoms with Crippen LogP contribution in [-0.4, -0.2) is 45.4 Å². The summed E-state index contributed by atoms with van der Waals surface area (Å²) >= 11 is 0. The minimum Gasteiger partial charge on any atom is -0.467 e. The number of benzene rings is 1. The predicted octanol–water partition coefficient (Wildman–Crippen LogP) is 0.364. The van der Waals surface area contributed by atoms with E-state index in [1.807, 2.05) is 45.0 Å². The van der Waals surface area contributed by atoms with Crippen LogP contribution in [0.3, 0.4) is 0 Å². The zero-order valence-corrected chi connectivity index (χ0v) is 9.43. The van der Waals surface area contributed by atoms with Crippen molar-refractivity contribution >= 4 is 13.8 Å². The van der Waals surface area contributed by atoms with Gasteiger partial charge in [-0.2, -0.15) is 0 Å². The van der Waals surface area contributed by atoms with E-state index in [9.17, 15) is 4.79 Å². The van der Waals surface area contributed by atoms with E-state index in [0.717, 1.165) is 6.54 Å². The SMILES string of the molecule is BC(CN(C)C)OC(=O)c1ccccc1. The van der Waals surface area contributed by atoms with Gasteiger partial charge in [0, 0.05) is 6.54 Å². The van der Waals surface area contributed by atoms with Gasteiger partial charge in [-0.05, 0) is 26.2 Å². The Balaban J connectivity index is 2.49. The molecule has 0 N–H and O–H groups in total. The predicted molar refractivity (Wildman–Crippen MR) is 62.7 cm³/mol. The highest BCUT2D eigenvalue weighted by atomic mass is 16.5. The van der Waals surface area contributed by atoms with Gasteiger partial charge in [-0.25, -0.2) is 4.79 Å². The molecule has 0 aromatic heterocycles. The molecule has 4 heteroatoms. The first kappa shape index (κ1) is 11.8. The summed E-state index contributed by atoms with van der Waals surface area (Å²) in [5.74, 6) is -0.259. The van der Waals surface area contributed by atoms with Crippen LogP contribution in [0.25, 0.3) is 0 Å². The maximum absolute atomic E-state index is 11.6. The Morgan fingerprint density at radius 3 is 2.53 bits per heavy atom. The second-order valence-corrected chi connectivity index (χ2v) is 3.84. The van der Waals surface area contributed by atoms with E-state index in [1.165, 1.54) is 0 Å². The van der Waals surface area contributed by atoms with E-state index in [-0.39, 0.29) is 12.0 Å². The molecule has 0 saturated heterocycles. The fourth-order valence-corrected chi connectivity index (χ4v) is 1.38. The van der Waals surface area contributed by atoms with Gasteiger partial charge in [0.1, 0.15) is 0 Å². The normalized spacial score (nSPS) is 12.5. The van der Waals surface area contributed by atoms with Gasteiger partial charge in [0.15, 0.2) is 7.85 Å². The Bertz CT molecular complexity index is 314. The number of rotatable bonds is 4. The van der Waals surface area contributed by atoms with E-state index < -0.39 is 0 Å². The van der Waals surface area contributed by atoms with Crippen LogP contribution in [0.4, 0.5) is 0 Å². The molecule has 1 unspecified atom stereocenters. The number of esters is 1. The Morgan fingerprint density at radius 1 is 1.40 bits per heavy atom. The zero-order valence-electron chi connectivity index (χ0n) is 9.43. The minimum atomic E-state index is -0.259. The van der Waals surface area contributed by atoms with Gasteiger partial charge in [0.2, 0.25) is 0 Å². The molecule has 0 amide bonds. The fourth-order valence-electron chi connectivity index (χ4n) is 1.38. The van der Waals surface area contributed by atoms with Gasteiger partial charge in [0.05, 0.1) is 11.6 Å². The maximum atomic E-state index is 11.6. The molecule has 0 heterocycles. The van der Waals surface area contributed by atoms with Gasteiger partial charge in [0.25, 0.3) is 0 Å². The summed E-state index contributed by atoms with van der Waals surface area (Å²) in [6.07, 6.45) is 0. The molecule has 0 fully saturated rings. The summed E-state index contributed by atoms with van der Waals surface area (Å²) in [7, 11) is 5.79. The molecule has 0 saturated carbocycles. The zero-order chi connectivity index (χ0) is 11.3. The van der Waals surface area contributed by atoms with Crippen molar-refractivity contribution in [2.24, 2.45) is 0 Å². The van der Waals surface area contributed by atoms with Gasteiger partial charge in [-0.15, -0.1) is 0 Å². The third-order valence-corrected chi connectivity index (χ3v) is 1.94. The molecule has 80 valence electrons. The van der Waals surface area contributed by atoms with E-state index in [0.29, 0.717) is 5.56 Å². The average Bonchev–Trinajstić information content (AvgIpc) is 2.17. The van der Waals surface area contributed by atoms with Crippen LogP contribution >= 0.6 is 0 Å². The lowest BCUT2D eigenvalue weighted by atomic mass is 10.00. The number of ether oxygens (including phenoxy) is 1. The van der Waals surface area contributed by atoms with E-state index in [1.54, 1.807) is 12.1 Å². The molecule has 1 rings (SSSR count). The number of hydrogen-bond acceptors (Lipinski definition) is 3. The van der Waals surface area contributed by atoms with Crippen molar-refractivity contribution in [2.45, 2.75) is 6.00 Å². The molecule has 0 radical (unpaired) electrons. The van der Waals surface area contributed by atoms with E-state index in [4.69, 9.17) is 4.74 Å². The number of carbonyl (C=O) groups is 1. The first-order chi connectivity index (χ1) is 7.09. The number of hydrogen-bond donors (Lipinski definition) is 0. The third-order valence-electron chi connectivity index (χ3n) is 1.94. The van der Waals surface area contributed by atoms with E-state index >= 15 is 0 Å². The average molecular weight is 205 g/mol. The largest absolute Gasteiger partial charge is 0.467 e. The molecule has 1 atom stereocenters. The van der Waals surface area contributed by atoms with Crippen molar-refractivity contribution < 1.29 is 9.53 Å². The van der Waals surface area contributed by atoms with Crippen molar-refractivity contribution in [3.05, 3.63) is 35.9 Å². The molecule has 1 aromatic rings. The smallest absolute Gasteiger partial charge is 0.337 e. The number of carbonyl (C=O) groups excluding carboxylic acids is 1. The number of nitrogens with zero attached hydrogens (tertiary/aromatic N) is 1. The lowest BCUT2D eigenvalue weighted by molar-refractivity contribution is 0.0411. The van der Waals surface area contributed by atoms with Gasteiger partial charge in [-0.3, -0.25) is 0 Å². The monoisotopic (exact) mass is 205 g/mol. The molecule has 0 aliphatic carbocycles. The second kappa shape index (κ2) is 5.56. The van der Waals surface area contributed by atoms with E-state index in [2.05, 4.69) is 0 Å².